The SMILES string of the molecule is COc1ccc(N)c(NCC(=O)OC(C)(C)C)n1. The quantitative estimate of drug-likeness (QED) is 0.789. The van der Waals surface area contributed by atoms with Crippen LogP contribution in [0, 0.1) is 0 Å². The zero-order chi connectivity index (χ0) is 13.8. The van der Waals surface area contributed by atoms with Crippen LogP contribution in [0.1, 0.15) is 20.8 Å². The first-order chi connectivity index (χ1) is 8.31. The second-order valence-corrected chi connectivity index (χ2v) is 4.73. The van der Waals surface area contributed by atoms with Crippen LogP contribution in [0.4, 0.5) is 11.5 Å². The van der Waals surface area contributed by atoms with Gasteiger partial charge in [0.05, 0.1) is 12.8 Å². The average Bonchev–Trinajstić information content (AvgIpc) is 2.25. The summed E-state index contributed by atoms with van der Waals surface area (Å²) in [5, 5.41) is 2.82. The van der Waals surface area contributed by atoms with Crippen LogP contribution in [-0.2, 0) is 9.53 Å². The summed E-state index contributed by atoms with van der Waals surface area (Å²) in [6, 6.07) is 3.30. The number of methoxy groups -OCH3 is 1. The number of nitrogens with zero attached hydrogens (tertiary/aromatic N) is 1. The van der Waals surface area contributed by atoms with Crippen molar-refractivity contribution in [1.29, 1.82) is 0 Å². The largest absolute Gasteiger partial charge is 0.481 e. The summed E-state index contributed by atoms with van der Waals surface area (Å²) >= 11 is 0. The summed E-state index contributed by atoms with van der Waals surface area (Å²) in [6.45, 7) is 5.43. The van der Waals surface area contributed by atoms with Gasteiger partial charge >= 0.3 is 5.97 Å². The number of rotatable bonds is 4. The molecule has 1 heterocycles. The monoisotopic (exact) mass is 253 g/mol. The minimum Gasteiger partial charge on any atom is -0.481 e. The summed E-state index contributed by atoms with van der Waals surface area (Å²) in [5.74, 6) is 0.461. The summed E-state index contributed by atoms with van der Waals surface area (Å²) in [7, 11) is 1.51. The minimum atomic E-state index is -0.508. The van der Waals surface area contributed by atoms with Crippen molar-refractivity contribution in [3.8, 4) is 5.88 Å². The van der Waals surface area contributed by atoms with E-state index < -0.39 is 5.60 Å². The zero-order valence-corrected chi connectivity index (χ0v) is 11.1. The molecule has 0 saturated heterocycles. The van der Waals surface area contributed by atoms with E-state index in [0.717, 1.165) is 0 Å². The Morgan fingerprint density at radius 1 is 1.44 bits per heavy atom. The van der Waals surface area contributed by atoms with Crippen molar-refractivity contribution in [2.24, 2.45) is 0 Å². The van der Waals surface area contributed by atoms with Crippen molar-refractivity contribution in [2.75, 3.05) is 24.7 Å². The molecule has 0 saturated carbocycles. The number of nitrogens with two attached hydrogens (primary N) is 1. The molecule has 0 bridgehead atoms. The molecule has 0 atom stereocenters. The lowest BCUT2D eigenvalue weighted by molar-refractivity contribution is -0.152. The molecule has 0 aliphatic heterocycles. The molecule has 1 rings (SSSR count). The number of esters is 1. The van der Waals surface area contributed by atoms with Gasteiger partial charge in [-0.05, 0) is 26.8 Å². The van der Waals surface area contributed by atoms with Gasteiger partial charge < -0.3 is 20.5 Å². The molecular formula is C12H19N3O3. The standard InChI is InChI=1S/C12H19N3O3/c1-12(2,3)18-10(16)7-14-11-8(13)5-6-9(15-11)17-4/h5-6H,7,13H2,1-4H3,(H,14,15). The molecule has 0 aliphatic carbocycles. The minimum absolute atomic E-state index is 0.00162. The highest BCUT2D eigenvalue weighted by Gasteiger charge is 2.16. The number of aromatic nitrogens is 1. The highest BCUT2D eigenvalue weighted by atomic mass is 16.6. The highest BCUT2D eigenvalue weighted by Crippen LogP contribution is 2.19. The Hall–Kier alpha value is -1.98. The van der Waals surface area contributed by atoms with E-state index in [9.17, 15) is 4.79 Å². The summed E-state index contributed by atoms with van der Waals surface area (Å²) in [4.78, 5) is 15.6. The smallest absolute Gasteiger partial charge is 0.325 e. The van der Waals surface area contributed by atoms with Crippen LogP contribution in [0.25, 0.3) is 0 Å². The maximum atomic E-state index is 11.5. The van der Waals surface area contributed by atoms with Crippen LogP contribution in [0.3, 0.4) is 0 Å². The molecule has 1 aromatic rings. The van der Waals surface area contributed by atoms with Gasteiger partial charge in [-0.1, -0.05) is 0 Å². The van der Waals surface area contributed by atoms with E-state index in [1.54, 1.807) is 12.1 Å². The fraction of sp³-hybridized carbons (Fsp3) is 0.500. The number of nitrogens with one attached hydrogen (secondary N) is 1. The second kappa shape index (κ2) is 5.57. The van der Waals surface area contributed by atoms with Gasteiger partial charge in [0.2, 0.25) is 5.88 Å². The summed E-state index contributed by atoms with van der Waals surface area (Å²) < 4.78 is 10.1. The van der Waals surface area contributed by atoms with Gasteiger partial charge in [0.1, 0.15) is 12.1 Å². The van der Waals surface area contributed by atoms with Crippen LogP contribution in [0.5, 0.6) is 5.88 Å². The van der Waals surface area contributed by atoms with Crippen LogP contribution >= 0.6 is 0 Å². The zero-order valence-electron chi connectivity index (χ0n) is 11.1. The Kier molecular flexibility index (Phi) is 4.36. The Bertz CT molecular complexity index is 427. The molecule has 0 amide bonds. The molecule has 18 heavy (non-hydrogen) atoms. The lowest BCUT2D eigenvalue weighted by Crippen LogP contribution is -2.28. The lowest BCUT2D eigenvalue weighted by atomic mass is 10.2. The fourth-order valence-electron chi connectivity index (χ4n) is 1.24. The van der Waals surface area contributed by atoms with Crippen LogP contribution in [0.15, 0.2) is 12.1 Å². The molecule has 0 aliphatic rings. The van der Waals surface area contributed by atoms with E-state index >= 15 is 0 Å². The van der Waals surface area contributed by atoms with Gasteiger partial charge in [-0.25, -0.2) is 0 Å². The number of nitrogen functional groups attached to an aromatic ring is 1. The Labute approximate surface area is 106 Å². The predicted molar refractivity (Wildman–Crippen MR) is 69.5 cm³/mol. The first-order valence-corrected chi connectivity index (χ1v) is 5.58. The second-order valence-electron chi connectivity index (χ2n) is 4.73. The molecule has 0 unspecified atom stereocenters. The molecule has 0 aromatic carbocycles. The van der Waals surface area contributed by atoms with E-state index in [1.165, 1.54) is 7.11 Å². The number of pyridine rings is 1. The molecule has 6 heteroatoms. The van der Waals surface area contributed by atoms with Gasteiger partial charge in [0.25, 0.3) is 0 Å². The van der Waals surface area contributed by atoms with Crippen molar-refractivity contribution < 1.29 is 14.3 Å². The van der Waals surface area contributed by atoms with Crippen molar-refractivity contribution in [2.45, 2.75) is 26.4 Å². The first kappa shape index (κ1) is 14.1. The number of ether oxygens (including phenoxy) is 2. The highest BCUT2D eigenvalue weighted by molar-refractivity contribution is 5.76. The summed E-state index contributed by atoms with van der Waals surface area (Å²) in [5.41, 5.74) is 5.66. The van der Waals surface area contributed by atoms with Gasteiger partial charge in [-0.15, -0.1) is 0 Å². The van der Waals surface area contributed by atoms with Crippen molar-refractivity contribution >= 4 is 17.5 Å². The normalized spacial score (nSPS) is 10.9. The molecule has 1 aromatic heterocycles. The Morgan fingerprint density at radius 3 is 2.67 bits per heavy atom. The van der Waals surface area contributed by atoms with Gasteiger partial charge in [-0.2, -0.15) is 4.98 Å². The fourth-order valence-corrected chi connectivity index (χ4v) is 1.24. The number of carbonyl (C=O) groups excluding carboxylic acids is 1. The predicted octanol–water partition coefficient (Wildman–Crippen LogP) is 1.43. The van der Waals surface area contributed by atoms with E-state index in [2.05, 4.69) is 10.3 Å². The van der Waals surface area contributed by atoms with E-state index in [1.807, 2.05) is 20.8 Å². The average molecular weight is 253 g/mol. The Morgan fingerprint density at radius 2 is 2.11 bits per heavy atom. The number of carbonyl (C=O) groups is 1. The lowest BCUT2D eigenvalue weighted by Gasteiger charge is -2.19. The molecule has 0 fully saturated rings. The number of hydrogen-bond donors (Lipinski definition) is 2. The maximum absolute atomic E-state index is 11.5. The molecule has 0 spiro atoms. The number of anilines is 2. The van der Waals surface area contributed by atoms with E-state index in [0.29, 0.717) is 17.4 Å². The van der Waals surface area contributed by atoms with Gasteiger partial charge in [-0.3, -0.25) is 4.79 Å². The van der Waals surface area contributed by atoms with Crippen molar-refractivity contribution in [3.05, 3.63) is 12.1 Å². The molecule has 0 radical (unpaired) electrons. The molecule has 6 nitrogen and oxygen atoms in total. The topological polar surface area (TPSA) is 86.5 Å². The van der Waals surface area contributed by atoms with Gasteiger partial charge in [0, 0.05) is 6.07 Å². The third kappa shape index (κ3) is 4.48. The maximum Gasteiger partial charge on any atom is 0.325 e. The Balaban J connectivity index is 2.60. The van der Waals surface area contributed by atoms with Gasteiger partial charge in [0.15, 0.2) is 5.82 Å². The molecule has 3 N–H and O–H groups in total. The van der Waals surface area contributed by atoms with Crippen LogP contribution < -0.4 is 15.8 Å². The number of hydrogen-bond acceptors (Lipinski definition) is 6. The van der Waals surface area contributed by atoms with E-state index in [-0.39, 0.29) is 12.5 Å². The van der Waals surface area contributed by atoms with Crippen molar-refractivity contribution in [3.63, 3.8) is 0 Å². The first-order valence-electron chi connectivity index (χ1n) is 5.58. The summed E-state index contributed by atoms with van der Waals surface area (Å²) in [6.07, 6.45) is 0. The third-order valence-electron chi connectivity index (χ3n) is 1.93. The van der Waals surface area contributed by atoms with Crippen LogP contribution in [-0.4, -0.2) is 30.2 Å². The molecule has 100 valence electrons. The third-order valence-corrected chi connectivity index (χ3v) is 1.93. The van der Waals surface area contributed by atoms with E-state index in [4.69, 9.17) is 15.2 Å². The van der Waals surface area contributed by atoms with Crippen molar-refractivity contribution in [1.82, 2.24) is 4.98 Å². The molecular weight excluding hydrogens is 234 g/mol. The van der Waals surface area contributed by atoms with Crippen LogP contribution in [0.2, 0.25) is 0 Å².